The normalized spacial score (nSPS) is 15.3. The van der Waals surface area contributed by atoms with E-state index in [2.05, 4.69) is 4.99 Å². The molecule has 35 heavy (non-hydrogen) atoms. The van der Waals surface area contributed by atoms with Crippen LogP contribution in [0.1, 0.15) is 37.9 Å². The standard InChI is InChI=1S/C26H24N2O6S/c1-5-33-19-10-6-17(7-11-19)14-21-24(30)28-23(18-8-12-20(13-9-18)34-16(3)29)22(25(31)32-4)15(2)27-26(28)35-21/h6-14,23H,5H2,1-4H3. The van der Waals surface area contributed by atoms with Crippen molar-refractivity contribution in [3.05, 3.63) is 90.6 Å². The van der Waals surface area contributed by atoms with Gasteiger partial charge in [0.25, 0.3) is 5.56 Å². The van der Waals surface area contributed by atoms with Gasteiger partial charge >= 0.3 is 11.9 Å². The van der Waals surface area contributed by atoms with E-state index in [1.54, 1.807) is 37.3 Å². The van der Waals surface area contributed by atoms with Crippen molar-refractivity contribution in [2.75, 3.05) is 13.7 Å². The molecule has 0 bridgehead atoms. The average molecular weight is 493 g/mol. The zero-order valence-electron chi connectivity index (χ0n) is 19.7. The zero-order valence-corrected chi connectivity index (χ0v) is 20.5. The molecule has 3 aromatic rings. The lowest BCUT2D eigenvalue weighted by atomic mass is 9.96. The lowest BCUT2D eigenvalue weighted by Crippen LogP contribution is -2.39. The van der Waals surface area contributed by atoms with Crippen LogP contribution in [-0.4, -0.2) is 30.2 Å². The Morgan fingerprint density at radius 1 is 1.09 bits per heavy atom. The van der Waals surface area contributed by atoms with E-state index < -0.39 is 18.0 Å². The fourth-order valence-electron chi connectivity index (χ4n) is 3.87. The van der Waals surface area contributed by atoms with Crippen LogP contribution in [0, 0.1) is 0 Å². The summed E-state index contributed by atoms with van der Waals surface area (Å²) in [6.07, 6.45) is 1.79. The van der Waals surface area contributed by atoms with Gasteiger partial charge in [-0.15, -0.1) is 0 Å². The predicted octanol–water partition coefficient (Wildman–Crippen LogP) is 2.73. The summed E-state index contributed by atoms with van der Waals surface area (Å²) in [5.74, 6) is 0.109. The van der Waals surface area contributed by atoms with E-state index in [4.69, 9.17) is 14.2 Å². The van der Waals surface area contributed by atoms with Crippen LogP contribution in [0.25, 0.3) is 6.08 Å². The van der Waals surface area contributed by atoms with Crippen LogP contribution in [0.5, 0.6) is 11.5 Å². The molecule has 0 saturated heterocycles. The van der Waals surface area contributed by atoms with Crippen molar-refractivity contribution in [3.63, 3.8) is 0 Å². The number of nitrogens with zero attached hydrogens (tertiary/aromatic N) is 2. The van der Waals surface area contributed by atoms with Crippen molar-refractivity contribution < 1.29 is 23.8 Å². The van der Waals surface area contributed by atoms with Crippen molar-refractivity contribution >= 4 is 29.4 Å². The highest BCUT2D eigenvalue weighted by Gasteiger charge is 2.33. The third kappa shape index (κ3) is 4.95. The third-order valence-electron chi connectivity index (χ3n) is 5.37. The SMILES string of the molecule is CCOc1ccc(C=c2sc3n(c2=O)C(c2ccc(OC(C)=O)cc2)C(C(=O)OC)=C(C)N=3)cc1. The van der Waals surface area contributed by atoms with Gasteiger partial charge in [-0.25, -0.2) is 9.79 Å². The maximum Gasteiger partial charge on any atom is 0.338 e. The average Bonchev–Trinajstić information content (AvgIpc) is 3.13. The number of carbonyl (C=O) groups is 2. The fourth-order valence-corrected chi connectivity index (χ4v) is 4.92. The Bertz CT molecular complexity index is 1480. The first-order valence-electron chi connectivity index (χ1n) is 10.9. The molecule has 4 rings (SSSR count). The van der Waals surface area contributed by atoms with Crippen LogP contribution in [0.15, 0.2) is 69.6 Å². The molecule has 1 unspecified atom stereocenters. The van der Waals surface area contributed by atoms with Crippen molar-refractivity contribution in [1.82, 2.24) is 4.57 Å². The minimum atomic E-state index is -0.743. The number of aromatic nitrogens is 1. The number of hydrogen-bond donors (Lipinski definition) is 0. The molecule has 0 amide bonds. The number of benzene rings is 2. The van der Waals surface area contributed by atoms with Gasteiger partial charge in [-0.2, -0.15) is 0 Å². The van der Waals surface area contributed by atoms with E-state index in [1.807, 2.05) is 31.2 Å². The molecule has 0 aliphatic carbocycles. The maximum absolute atomic E-state index is 13.6. The Labute approximate surface area is 205 Å². The highest BCUT2D eigenvalue weighted by Crippen LogP contribution is 2.31. The van der Waals surface area contributed by atoms with Crippen molar-refractivity contribution in [2.45, 2.75) is 26.8 Å². The summed E-state index contributed by atoms with van der Waals surface area (Å²) >= 11 is 1.25. The molecule has 0 fully saturated rings. The fraction of sp³-hybridized carbons (Fsp3) is 0.231. The Balaban J connectivity index is 1.85. The quantitative estimate of drug-likeness (QED) is 0.388. The van der Waals surface area contributed by atoms with E-state index >= 15 is 0 Å². The van der Waals surface area contributed by atoms with Gasteiger partial charge in [0.15, 0.2) is 4.80 Å². The number of carbonyl (C=O) groups excluding carboxylic acids is 2. The van der Waals surface area contributed by atoms with E-state index in [1.165, 1.54) is 29.9 Å². The Morgan fingerprint density at radius 2 is 1.74 bits per heavy atom. The second-order valence-electron chi connectivity index (χ2n) is 7.74. The van der Waals surface area contributed by atoms with Gasteiger partial charge < -0.3 is 14.2 Å². The lowest BCUT2D eigenvalue weighted by molar-refractivity contribution is -0.136. The summed E-state index contributed by atoms with van der Waals surface area (Å²) in [6, 6.07) is 13.4. The Hall–Kier alpha value is -3.98. The molecule has 0 radical (unpaired) electrons. The third-order valence-corrected chi connectivity index (χ3v) is 6.36. The lowest BCUT2D eigenvalue weighted by Gasteiger charge is -2.24. The number of methoxy groups -OCH3 is 1. The second-order valence-corrected chi connectivity index (χ2v) is 8.75. The highest BCUT2D eigenvalue weighted by atomic mass is 32.1. The van der Waals surface area contributed by atoms with Crippen LogP contribution in [0.4, 0.5) is 0 Å². The van der Waals surface area contributed by atoms with Crippen molar-refractivity contribution in [3.8, 4) is 11.5 Å². The number of thiazole rings is 1. The van der Waals surface area contributed by atoms with Gasteiger partial charge in [0.1, 0.15) is 11.5 Å². The first-order chi connectivity index (χ1) is 16.8. The van der Waals surface area contributed by atoms with E-state index in [0.29, 0.717) is 33.0 Å². The molecule has 2 heterocycles. The Morgan fingerprint density at radius 3 is 2.34 bits per heavy atom. The number of rotatable bonds is 6. The largest absolute Gasteiger partial charge is 0.494 e. The van der Waals surface area contributed by atoms with Crippen LogP contribution in [0.2, 0.25) is 0 Å². The summed E-state index contributed by atoms with van der Waals surface area (Å²) in [5, 5.41) is 0. The van der Waals surface area contributed by atoms with Gasteiger partial charge in [-0.1, -0.05) is 35.6 Å². The molecular weight excluding hydrogens is 468 g/mol. The van der Waals surface area contributed by atoms with E-state index in [-0.39, 0.29) is 11.1 Å². The summed E-state index contributed by atoms with van der Waals surface area (Å²) in [4.78, 5) is 42.6. The topological polar surface area (TPSA) is 96.2 Å². The molecule has 180 valence electrons. The molecular formula is C26H24N2O6S. The molecule has 9 heteroatoms. The molecule has 1 aliphatic heterocycles. The minimum absolute atomic E-state index is 0.271. The number of hydrogen-bond acceptors (Lipinski definition) is 8. The molecule has 8 nitrogen and oxygen atoms in total. The molecule has 2 aromatic carbocycles. The first kappa shape index (κ1) is 24.2. The second kappa shape index (κ2) is 10.1. The van der Waals surface area contributed by atoms with Gasteiger partial charge in [-0.3, -0.25) is 14.2 Å². The van der Waals surface area contributed by atoms with Crippen LogP contribution in [-0.2, 0) is 14.3 Å². The van der Waals surface area contributed by atoms with Crippen molar-refractivity contribution in [2.24, 2.45) is 4.99 Å². The summed E-state index contributed by atoms with van der Waals surface area (Å²) in [5.41, 5.74) is 1.97. The summed E-state index contributed by atoms with van der Waals surface area (Å²) in [7, 11) is 1.29. The monoisotopic (exact) mass is 492 g/mol. The molecule has 1 aromatic heterocycles. The molecule has 1 aliphatic rings. The molecule has 0 saturated carbocycles. The number of allylic oxidation sites excluding steroid dienone is 1. The molecule has 0 spiro atoms. The maximum atomic E-state index is 13.6. The number of fused-ring (bicyclic) bond motifs is 1. The smallest absolute Gasteiger partial charge is 0.338 e. The molecule has 1 atom stereocenters. The zero-order chi connectivity index (χ0) is 25.1. The first-order valence-corrected chi connectivity index (χ1v) is 11.8. The summed E-state index contributed by atoms with van der Waals surface area (Å²) < 4.78 is 17.6. The van der Waals surface area contributed by atoms with Crippen LogP contribution in [0.3, 0.4) is 0 Å². The highest BCUT2D eigenvalue weighted by molar-refractivity contribution is 7.07. The number of ether oxygens (including phenoxy) is 3. The minimum Gasteiger partial charge on any atom is -0.494 e. The van der Waals surface area contributed by atoms with E-state index in [0.717, 1.165) is 11.3 Å². The molecule has 0 N–H and O–H groups in total. The van der Waals surface area contributed by atoms with Gasteiger partial charge in [0.2, 0.25) is 0 Å². The van der Waals surface area contributed by atoms with Crippen molar-refractivity contribution in [1.29, 1.82) is 0 Å². The number of esters is 2. The van der Waals surface area contributed by atoms with Crippen LogP contribution >= 0.6 is 11.3 Å². The van der Waals surface area contributed by atoms with Gasteiger partial charge in [0, 0.05) is 6.92 Å². The predicted molar refractivity (Wildman–Crippen MR) is 131 cm³/mol. The van der Waals surface area contributed by atoms with Crippen LogP contribution < -0.4 is 24.4 Å². The Kier molecular flexibility index (Phi) is 6.97. The summed E-state index contributed by atoms with van der Waals surface area (Å²) in [6.45, 7) is 5.52. The van der Waals surface area contributed by atoms with E-state index in [9.17, 15) is 14.4 Å². The van der Waals surface area contributed by atoms with Gasteiger partial charge in [0.05, 0.1) is 35.6 Å². The van der Waals surface area contributed by atoms with Gasteiger partial charge in [-0.05, 0) is 55.3 Å².